The minimum Gasteiger partial charge on any atom is -0.489 e. The molecule has 2 aliphatic rings. The first-order valence-corrected chi connectivity index (χ1v) is 9.98. The summed E-state index contributed by atoms with van der Waals surface area (Å²) in [7, 11) is 0. The summed E-state index contributed by atoms with van der Waals surface area (Å²) < 4.78 is 20.1. The number of nitrogens with zero attached hydrogens (tertiary/aromatic N) is 4. The third-order valence-corrected chi connectivity index (χ3v) is 5.23. The lowest BCUT2D eigenvalue weighted by atomic mass is 10.1. The molecule has 0 aliphatic heterocycles. The molecule has 0 unspecified atom stereocenters. The van der Waals surface area contributed by atoms with Gasteiger partial charge in [0.1, 0.15) is 6.61 Å². The molecule has 154 valence electrons. The largest absolute Gasteiger partial charge is 0.489 e. The molecule has 0 radical (unpaired) electrons. The van der Waals surface area contributed by atoms with E-state index in [1.807, 2.05) is 0 Å². The number of aliphatic imine (C=N–C) groups is 1. The molecule has 4 rings (SSSR count). The van der Waals surface area contributed by atoms with E-state index in [2.05, 4.69) is 26.3 Å². The molecule has 30 heavy (non-hydrogen) atoms. The van der Waals surface area contributed by atoms with E-state index >= 15 is 0 Å². The summed E-state index contributed by atoms with van der Waals surface area (Å²) in [6.45, 7) is 0.179. The number of halogens is 2. The molecule has 2 saturated carbocycles. The number of benzene rings is 1. The number of anilines is 1. The van der Waals surface area contributed by atoms with E-state index in [9.17, 15) is 4.39 Å². The van der Waals surface area contributed by atoms with Crippen LogP contribution in [0.4, 0.5) is 10.3 Å². The maximum absolute atomic E-state index is 14.6. The Morgan fingerprint density at radius 2 is 2.27 bits per heavy atom. The van der Waals surface area contributed by atoms with Crippen LogP contribution in [0.3, 0.4) is 0 Å². The number of allylic oxidation sites excluding steroid dienone is 1. The summed E-state index contributed by atoms with van der Waals surface area (Å²) in [5.74, 6) is -0.197. The molecular formula is C21H20ClFN6O. The van der Waals surface area contributed by atoms with Crippen LogP contribution >= 0.6 is 11.6 Å². The Bertz CT molecular complexity index is 1060. The molecule has 1 aromatic carbocycles. The molecule has 0 bridgehead atoms. The lowest BCUT2D eigenvalue weighted by Crippen LogP contribution is -2.11. The van der Waals surface area contributed by atoms with Crippen molar-refractivity contribution in [2.75, 3.05) is 11.9 Å². The maximum atomic E-state index is 14.6. The summed E-state index contributed by atoms with van der Waals surface area (Å²) in [5.41, 5.74) is 6.55. The van der Waals surface area contributed by atoms with Gasteiger partial charge < -0.3 is 15.8 Å². The fourth-order valence-electron chi connectivity index (χ4n) is 2.71. The lowest BCUT2D eigenvalue weighted by Gasteiger charge is -2.12. The zero-order valence-electron chi connectivity index (χ0n) is 16.1. The van der Waals surface area contributed by atoms with E-state index in [-0.39, 0.29) is 23.3 Å². The summed E-state index contributed by atoms with van der Waals surface area (Å²) in [5, 5.41) is 12.4. The molecule has 2 fully saturated rings. The second-order valence-electron chi connectivity index (χ2n) is 7.47. The Hall–Kier alpha value is -3.18. The molecule has 9 heteroatoms. The number of hydrogen-bond donors (Lipinski definition) is 2. The molecule has 7 nitrogen and oxygen atoms in total. The molecule has 1 heterocycles. The van der Waals surface area contributed by atoms with E-state index in [0.717, 1.165) is 25.7 Å². The predicted molar refractivity (Wildman–Crippen MR) is 113 cm³/mol. The SMILES string of the molecule is N#CC1(COc2ccc(-c3nc(NC(C=NC4CC4)=CN)ncc3Cl)cc2F)CC1. The van der Waals surface area contributed by atoms with Crippen molar-refractivity contribution in [3.05, 3.63) is 47.1 Å². The van der Waals surface area contributed by atoms with Gasteiger partial charge >= 0.3 is 0 Å². The van der Waals surface area contributed by atoms with Crippen molar-refractivity contribution < 1.29 is 9.13 Å². The zero-order valence-corrected chi connectivity index (χ0v) is 16.9. The van der Waals surface area contributed by atoms with Crippen LogP contribution in [0, 0.1) is 22.6 Å². The minimum atomic E-state index is -0.551. The first-order valence-electron chi connectivity index (χ1n) is 9.60. The van der Waals surface area contributed by atoms with Crippen LogP contribution in [0.5, 0.6) is 5.75 Å². The number of rotatable bonds is 8. The van der Waals surface area contributed by atoms with Crippen LogP contribution in [0.2, 0.25) is 5.02 Å². The number of nitrogens with one attached hydrogen (secondary N) is 1. The molecule has 2 aromatic rings. The Morgan fingerprint density at radius 3 is 2.90 bits per heavy atom. The van der Waals surface area contributed by atoms with Crippen LogP contribution in [0.1, 0.15) is 25.7 Å². The van der Waals surface area contributed by atoms with Gasteiger partial charge in [-0.2, -0.15) is 5.26 Å². The highest BCUT2D eigenvalue weighted by molar-refractivity contribution is 6.32. The van der Waals surface area contributed by atoms with Gasteiger partial charge in [0.05, 0.1) is 40.1 Å². The summed E-state index contributed by atoms with van der Waals surface area (Å²) in [6.07, 6.45) is 8.18. The van der Waals surface area contributed by atoms with E-state index in [0.29, 0.717) is 23.0 Å². The zero-order chi connectivity index (χ0) is 21.1. The number of nitrogens with two attached hydrogens (primary N) is 1. The second kappa shape index (κ2) is 8.28. The average Bonchev–Trinajstić information content (AvgIpc) is 3.67. The third kappa shape index (κ3) is 4.69. The Kier molecular flexibility index (Phi) is 5.55. The maximum Gasteiger partial charge on any atom is 0.227 e. The van der Waals surface area contributed by atoms with Crippen molar-refractivity contribution in [1.82, 2.24) is 9.97 Å². The number of nitriles is 1. The topological polar surface area (TPSA) is 109 Å². The van der Waals surface area contributed by atoms with Gasteiger partial charge in [-0.15, -0.1) is 0 Å². The fraction of sp³-hybridized carbons (Fsp3) is 0.333. The van der Waals surface area contributed by atoms with Crippen molar-refractivity contribution in [3.8, 4) is 23.1 Å². The van der Waals surface area contributed by atoms with Gasteiger partial charge in [-0.3, -0.25) is 4.99 Å². The highest BCUT2D eigenvalue weighted by Crippen LogP contribution is 2.45. The van der Waals surface area contributed by atoms with Gasteiger partial charge in [-0.05, 0) is 43.9 Å². The van der Waals surface area contributed by atoms with Crippen LogP contribution in [0.25, 0.3) is 11.3 Å². The van der Waals surface area contributed by atoms with Gasteiger partial charge in [0.2, 0.25) is 5.95 Å². The molecule has 0 atom stereocenters. The average molecular weight is 427 g/mol. The van der Waals surface area contributed by atoms with Crippen LogP contribution < -0.4 is 15.8 Å². The van der Waals surface area contributed by atoms with Crippen LogP contribution in [-0.2, 0) is 0 Å². The van der Waals surface area contributed by atoms with Crippen molar-refractivity contribution in [3.63, 3.8) is 0 Å². The Morgan fingerprint density at radius 1 is 1.47 bits per heavy atom. The summed E-state index contributed by atoms with van der Waals surface area (Å²) >= 11 is 6.24. The quantitative estimate of drug-likeness (QED) is 0.616. The first-order chi connectivity index (χ1) is 14.5. The van der Waals surface area contributed by atoms with E-state index in [1.54, 1.807) is 12.3 Å². The van der Waals surface area contributed by atoms with Crippen molar-refractivity contribution >= 4 is 23.8 Å². The van der Waals surface area contributed by atoms with Gasteiger partial charge in [0, 0.05) is 18.0 Å². The molecule has 2 aliphatic carbocycles. The van der Waals surface area contributed by atoms with Crippen LogP contribution in [-0.4, -0.2) is 28.8 Å². The molecule has 1 aromatic heterocycles. The standard InChI is InChI=1S/C21H20ClFN6O/c22-16-10-27-20(28-15(8-24)9-26-14-2-3-14)29-19(16)13-1-4-18(17(23)7-13)30-12-21(11-25)5-6-21/h1,4,7-10,14H,2-3,5-6,12,24H2,(H,27,28,29). The van der Waals surface area contributed by atoms with Crippen molar-refractivity contribution in [1.29, 1.82) is 5.26 Å². The van der Waals surface area contributed by atoms with E-state index < -0.39 is 11.2 Å². The molecule has 0 saturated heterocycles. The predicted octanol–water partition coefficient (Wildman–Crippen LogP) is 4.06. The lowest BCUT2D eigenvalue weighted by molar-refractivity contribution is 0.257. The highest BCUT2D eigenvalue weighted by Gasteiger charge is 2.44. The van der Waals surface area contributed by atoms with E-state index in [4.69, 9.17) is 27.3 Å². The first kappa shape index (κ1) is 20.1. The van der Waals surface area contributed by atoms with Crippen LogP contribution in [0.15, 0.2) is 41.3 Å². The molecular weight excluding hydrogens is 407 g/mol. The number of hydrogen-bond acceptors (Lipinski definition) is 7. The normalized spacial score (nSPS) is 17.6. The smallest absolute Gasteiger partial charge is 0.227 e. The summed E-state index contributed by atoms with van der Waals surface area (Å²) in [4.78, 5) is 12.9. The summed E-state index contributed by atoms with van der Waals surface area (Å²) in [6, 6.07) is 7.05. The Labute approximate surface area is 178 Å². The molecule has 0 amide bonds. The van der Waals surface area contributed by atoms with Gasteiger partial charge in [-0.25, -0.2) is 14.4 Å². The Balaban J connectivity index is 1.50. The molecule has 3 N–H and O–H groups in total. The van der Waals surface area contributed by atoms with Gasteiger partial charge in [-0.1, -0.05) is 11.6 Å². The molecule has 0 spiro atoms. The van der Waals surface area contributed by atoms with Gasteiger partial charge in [0.15, 0.2) is 11.6 Å². The minimum absolute atomic E-state index is 0.0911. The van der Waals surface area contributed by atoms with E-state index in [1.165, 1.54) is 24.5 Å². The number of ether oxygens (including phenoxy) is 1. The van der Waals surface area contributed by atoms with Crippen molar-refractivity contribution in [2.45, 2.75) is 31.7 Å². The monoisotopic (exact) mass is 426 g/mol. The fourth-order valence-corrected chi connectivity index (χ4v) is 2.91. The second-order valence-corrected chi connectivity index (χ2v) is 7.88. The van der Waals surface area contributed by atoms with Crippen molar-refractivity contribution in [2.24, 2.45) is 16.1 Å². The van der Waals surface area contributed by atoms with Gasteiger partial charge in [0.25, 0.3) is 0 Å². The highest BCUT2D eigenvalue weighted by atomic mass is 35.5. The third-order valence-electron chi connectivity index (χ3n) is 4.95. The number of aromatic nitrogens is 2.